The zero-order valence-corrected chi connectivity index (χ0v) is 8.80. The van der Waals surface area contributed by atoms with E-state index >= 15 is 0 Å². The van der Waals surface area contributed by atoms with Gasteiger partial charge in [0, 0.05) is 5.02 Å². The van der Waals surface area contributed by atoms with Crippen molar-refractivity contribution >= 4 is 39.4 Å². The molecule has 0 aliphatic carbocycles. The lowest BCUT2D eigenvalue weighted by Crippen LogP contribution is -2.10. The number of fused-ring (bicyclic) bond motifs is 1. The molecule has 76 valence electrons. The third kappa shape index (κ3) is 1.76. The molecule has 0 unspecified atom stereocenters. The van der Waals surface area contributed by atoms with Crippen LogP contribution in [0, 0.1) is 0 Å². The molecule has 2 rings (SSSR count). The second-order valence-corrected chi connectivity index (χ2v) is 3.67. The van der Waals surface area contributed by atoms with Crippen molar-refractivity contribution in [1.29, 1.82) is 0 Å². The fraction of sp³-hybridized carbons (Fsp3) is 0. The van der Waals surface area contributed by atoms with Gasteiger partial charge in [-0.25, -0.2) is 0 Å². The van der Waals surface area contributed by atoms with Crippen molar-refractivity contribution in [3.63, 3.8) is 0 Å². The Hall–Kier alpha value is -1.32. The summed E-state index contributed by atoms with van der Waals surface area (Å²) in [7, 11) is 0. The minimum absolute atomic E-state index is 0.188. The van der Waals surface area contributed by atoms with Crippen LogP contribution in [0.3, 0.4) is 0 Å². The van der Waals surface area contributed by atoms with Crippen molar-refractivity contribution in [2.24, 2.45) is 0 Å². The van der Waals surface area contributed by atoms with Crippen LogP contribution < -0.4 is 5.43 Å². The summed E-state index contributed by atoms with van der Waals surface area (Å²) in [4.78, 5) is 22.6. The van der Waals surface area contributed by atoms with Crippen molar-refractivity contribution in [3.8, 4) is 0 Å². The summed E-state index contributed by atoms with van der Waals surface area (Å²) in [6, 6.07) is 4.59. The summed E-state index contributed by atoms with van der Waals surface area (Å²) < 4.78 is 5.08. The molecule has 0 fully saturated rings. The van der Waals surface area contributed by atoms with E-state index in [2.05, 4.69) is 0 Å². The van der Waals surface area contributed by atoms with Gasteiger partial charge in [-0.05, 0) is 29.8 Å². The lowest BCUT2D eigenvalue weighted by atomic mass is 10.2. The topological polar surface area (TPSA) is 47.3 Å². The molecule has 0 aliphatic rings. The summed E-state index contributed by atoms with van der Waals surface area (Å²) in [5.74, 6) is 0. The predicted molar refractivity (Wildman–Crippen MR) is 57.7 cm³/mol. The largest absolute Gasteiger partial charge is 0.463 e. The maximum absolute atomic E-state index is 11.7. The summed E-state index contributed by atoms with van der Waals surface area (Å²) in [5, 5.41) is -0.200. The molecule has 0 spiro atoms. The highest BCUT2D eigenvalue weighted by atomic mass is 35.5. The number of halogens is 2. The van der Waals surface area contributed by atoms with Gasteiger partial charge in [-0.2, -0.15) is 0 Å². The molecule has 0 bridgehead atoms. The van der Waals surface area contributed by atoms with Crippen molar-refractivity contribution < 1.29 is 9.21 Å². The van der Waals surface area contributed by atoms with E-state index in [-0.39, 0.29) is 10.9 Å². The zero-order chi connectivity index (χ0) is 11.0. The average Bonchev–Trinajstić information content (AvgIpc) is 2.19. The molecule has 1 aromatic carbocycles. The van der Waals surface area contributed by atoms with Crippen LogP contribution in [0.1, 0.15) is 10.4 Å². The highest BCUT2D eigenvalue weighted by Crippen LogP contribution is 2.17. The lowest BCUT2D eigenvalue weighted by molar-refractivity contribution is 0.107. The van der Waals surface area contributed by atoms with Gasteiger partial charge >= 0.3 is 0 Å². The monoisotopic (exact) mass is 242 g/mol. The van der Waals surface area contributed by atoms with Crippen LogP contribution in [0.5, 0.6) is 0 Å². The quantitative estimate of drug-likeness (QED) is 0.723. The minimum Gasteiger partial charge on any atom is -0.463 e. The van der Waals surface area contributed by atoms with Crippen LogP contribution in [0.4, 0.5) is 0 Å². The van der Waals surface area contributed by atoms with Crippen LogP contribution in [0.25, 0.3) is 11.0 Å². The molecule has 15 heavy (non-hydrogen) atoms. The Morgan fingerprint density at radius 2 is 2.07 bits per heavy atom. The first-order valence-corrected chi connectivity index (χ1v) is 4.76. The molecule has 1 heterocycles. The van der Waals surface area contributed by atoms with E-state index in [1.165, 1.54) is 6.07 Å². The van der Waals surface area contributed by atoms with E-state index in [0.29, 0.717) is 10.6 Å². The van der Waals surface area contributed by atoms with Crippen LogP contribution in [-0.2, 0) is 0 Å². The van der Waals surface area contributed by atoms with Gasteiger partial charge in [-0.1, -0.05) is 11.6 Å². The molecule has 0 N–H and O–H groups in total. The first-order valence-electron chi connectivity index (χ1n) is 4.00. The Labute approximate surface area is 94.2 Å². The SMILES string of the molecule is O=C(Cl)c1coc2ccc(Cl)cc2c1=O. The van der Waals surface area contributed by atoms with Crippen LogP contribution >= 0.6 is 23.2 Å². The Kier molecular flexibility index (Phi) is 2.50. The van der Waals surface area contributed by atoms with Gasteiger partial charge in [0.15, 0.2) is 0 Å². The Morgan fingerprint density at radius 3 is 2.73 bits per heavy atom. The number of hydrogen-bond donors (Lipinski definition) is 0. The molecule has 0 saturated carbocycles. The maximum atomic E-state index is 11.7. The molecular weight excluding hydrogens is 239 g/mol. The standard InChI is InChI=1S/C10H4Cl2O3/c11-5-1-2-8-6(3-5)9(13)7(4-15-8)10(12)14/h1-4H. The number of carbonyl (C=O) groups is 1. The molecular formula is C10H4Cl2O3. The van der Waals surface area contributed by atoms with Gasteiger partial charge in [0.1, 0.15) is 17.4 Å². The van der Waals surface area contributed by atoms with Crippen molar-refractivity contribution in [3.05, 3.63) is 45.3 Å². The van der Waals surface area contributed by atoms with Crippen molar-refractivity contribution in [1.82, 2.24) is 0 Å². The van der Waals surface area contributed by atoms with Gasteiger partial charge in [-0.15, -0.1) is 0 Å². The summed E-state index contributed by atoms with van der Waals surface area (Å²) in [6.45, 7) is 0. The predicted octanol–water partition coefficient (Wildman–Crippen LogP) is 2.83. The van der Waals surface area contributed by atoms with Gasteiger partial charge in [-0.3, -0.25) is 9.59 Å². The second-order valence-electron chi connectivity index (χ2n) is 2.89. The first kappa shape index (κ1) is 10.2. The molecule has 1 aromatic heterocycles. The highest BCUT2D eigenvalue weighted by molar-refractivity contribution is 6.67. The molecule has 0 amide bonds. The van der Waals surface area contributed by atoms with Gasteiger partial charge in [0.05, 0.1) is 5.39 Å². The zero-order valence-electron chi connectivity index (χ0n) is 7.29. The molecule has 2 aromatic rings. The normalized spacial score (nSPS) is 10.5. The van der Waals surface area contributed by atoms with E-state index in [0.717, 1.165) is 6.26 Å². The van der Waals surface area contributed by atoms with Crippen molar-refractivity contribution in [2.45, 2.75) is 0 Å². The van der Waals surface area contributed by atoms with E-state index in [4.69, 9.17) is 27.6 Å². The molecule has 0 saturated heterocycles. The summed E-state index contributed by atoms with van der Waals surface area (Å²) >= 11 is 10.9. The molecule has 3 nitrogen and oxygen atoms in total. The highest BCUT2D eigenvalue weighted by Gasteiger charge is 2.12. The van der Waals surface area contributed by atoms with E-state index in [1.807, 2.05) is 0 Å². The fourth-order valence-corrected chi connectivity index (χ4v) is 1.54. The van der Waals surface area contributed by atoms with Crippen LogP contribution in [0.15, 0.2) is 33.7 Å². The molecule has 0 radical (unpaired) electrons. The smallest absolute Gasteiger partial charge is 0.259 e. The van der Waals surface area contributed by atoms with E-state index in [1.54, 1.807) is 12.1 Å². The van der Waals surface area contributed by atoms with Crippen LogP contribution in [0.2, 0.25) is 5.02 Å². The van der Waals surface area contributed by atoms with Crippen LogP contribution in [-0.4, -0.2) is 5.24 Å². The Balaban J connectivity index is 2.89. The van der Waals surface area contributed by atoms with Gasteiger partial charge < -0.3 is 4.42 Å². The van der Waals surface area contributed by atoms with E-state index < -0.39 is 10.7 Å². The third-order valence-corrected chi connectivity index (χ3v) is 2.39. The number of rotatable bonds is 1. The minimum atomic E-state index is -0.842. The average molecular weight is 243 g/mol. The number of benzene rings is 1. The summed E-state index contributed by atoms with van der Waals surface area (Å²) in [6.07, 6.45) is 1.05. The Bertz CT molecular complexity index is 601. The fourth-order valence-electron chi connectivity index (χ4n) is 1.24. The molecule has 5 heteroatoms. The Morgan fingerprint density at radius 1 is 1.33 bits per heavy atom. The number of hydrogen-bond acceptors (Lipinski definition) is 3. The van der Waals surface area contributed by atoms with Gasteiger partial charge in [0.25, 0.3) is 5.24 Å². The number of carbonyl (C=O) groups excluding carboxylic acids is 1. The third-order valence-electron chi connectivity index (χ3n) is 1.95. The summed E-state index contributed by atoms with van der Waals surface area (Å²) in [5.41, 5.74) is -0.295. The second kappa shape index (κ2) is 3.68. The molecule has 0 atom stereocenters. The maximum Gasteiger partial charge on any atom is 0.259 e. The van der Waals surface area contributed by atoms with E-state index in [9.17, 15) is 9.59 Å². The lowest BCUT2D eigenvalue weighted by Gasteiger charge is -1.98. The van der Waals surface area contributed by atoms with Gasteiger partial charge in [0.2, 0.25) is 5.43 Å². The molecule has 0 aliphatic heterocycles. The first-order chi connectivity index (χ1) is 7.09. The van der Waals surface area contributed by atoms with Crippen molar-refractivity contribution in [2.75, 3.05) is 0 Å².